The Bertz CT molecular complexity index is 636. The third-order valence-electron chi connectivity index (χ3n) is 6.32. The molecule has 1 saturated carbocycles. The van der Waals surface area contributed by atoms with Crippen LogP contribution in [0.4, 0.5) is 0 Å². The zero-order chi connectivity index (χ0) is 17.5. The standard InChI is InChI=1S/C21H30O3/c1-14(2)15-7-9-17-16(13-15)8-10-18-20(3,19(22)23-5)11-6-12-21(18,4)24-17/h7,9,13-14,18H,6,8,10-12H2,1-5H3/t18-,20+,21-/m0/s1. The van der Waals surface area contributed by atoms with Crippen molar-refractivity contribution in [3.8, 4) is 5.75 Å². The van der Waals surface area contributed by atoms with Crippen molar-refractivity contribution in [3.63, 3.8) is 0 Å². The second-order valence-electron chi connectivity index (χ2n) is 8.29. The van der Waals surface area contributed by atoms with Gasteiger partial charge in [-0.25, -0.2) is 0 Å². The molecule has 1 fully saturated rings. The zero-order valence-electron chi connectivity index (χ0n) is 15.6. The van der Waals surface area contributed by atoms with Crippen LogP contribution in [0.25, 0.3) is 0 Å². The Morgan fingerprint density at radius 2 is 2.04 bits per heavy atom. The van der Waals surface area contributed by atoms with E-state index in [0.717, 1.165) is 37.9 Å². The van der Waals surface area contributed by atoms with Gasteiger partial charge in [-0.3, -0.25) is 4.79 Å². The van der Waals surface area contributed by atoms with E-state index in [-0.39, 0.29) is 17.5 Å². The van der Waals surface area contributed by atoms with E-state index in [0.29, 0.717) is 5.92 Å². The van der Waals surface area contributed by atoms with Gasteiger partial charge in [-0.1, -0.05) is 26.0 Å². The molecule has 1 aromatic carbocycles. The van der Waals surface area contributed by atoms with E-state index in [2.05, 4.69) is 45.9 Å². The molecular weight excluding hydrogens is 300 g/mol. The zero-order valence-corrected chi connectivity index (χ0v) is 15.6. The molecule has 0 spiro atoms. The van der Waals surface area contributed by atoms with E-state index in [1.54, 1.807) is 0 Å². The van der Waals surface area contributed by atoms with Gasteiger partial charge in [-0.15, -0.1) is 0 Å². The van der Waals surface area contributed by atoms with Gasteiger partial charge in [0, 0.05) is 5.92 Å². The normalized spacial score (nSPS) is 32.3. The molecule has 0 bridgehead atoms. The average molecular weight is 330 g/mol. The number of fused-ring (bicyclic) bond motifs is 2. The maximum Gasteiger partial charge on any atom is 0.311 e. The fourth-order valence-corrected chi connectivity index (χ4v) is 4.86. The first-order valence-corrected chi connectivity index (χ1v) is 9.20. The highest BCUT2D eigenvalue weighted by Gasteiger charge is 2.55. The number of ether oxygens (including phenoxy) is 2. The van der Waals surface area contributed by atoms with Gasteiger partial charge >= 0.3 is 5.97 Å². The Labute approximate surface area is 145 Å². The molecule has 3 rings (SSSR count). The maximum atomic E-state index is 12.5. The lowest BCUT2D eigenvalue weighted by molar-refractivity contribution is -0.168. The molecule has 2 aliphatic rings. The van der Waals surface area contributed by atoms with Gasteiger partial charge in [0.2, 0.25) is 0 Å². The summed E-state index contributed by atoms with van der Waals surface area (Å²) < 4.78 is 11.7. The van der Waals surface area contributed by atoms with Crippen LogP contribution < -0.4 is 4.74 Å². The van der Waals surface area contributed by atoms with Crippen molar-refractivity contribution in [1.82, 2.24) is 0 Å². The van der Waals surface area contributed by atoms with Crippen molar-refractivity contribution in [2.24, 2.45) is 11.3 Å². The average Bonchev–Trinajstić information content (AvgIpc) is 2.69. The van der Waals surface area contributed by atoms with Gasteiger partial charge in [-0.2, -0.15) is 0 Å². The van der Waals surface area contributed by atoms with Crippen LogP contribution >= 0.6 is 0 Å². The molecule has 0 unspecified atom stereocenters. The van der Waals surface area contributed by atoms with Crippen LogP contribution in [0.1, 0.15) is 70.4 Å². The molecule has 0 radical (unpaired) electrons. The topological polar surface area (TPSA) is 35.5 Å². The lowest BCUT2D eigenvalue weighted by Crippen LogP contribution is -2.54. The molecule has 3 atom stereocenters. The van der Waals surface area contributed by atoms with E-state index in [1.165, 1.54) is 18.2 Å². The summed E-state index contributed by atoms with van der Waals surface area (Å²) in [5.74, 6) is 1.60. The number of aryl methyl sites for hydroxylation is 1. The molecule has 0 N–H and O–H groups in total. The van der Waals surface area contributed by atoms with Crippen molar-refractivity contribution in [1.29, 1.82) is 0 Å². The van der Waals surface area contributed by atoms with Gasteiger partial charge in [0.25, 0.3) is 0 Å². The Kier molecular flexibility index (Phi) is 4.39. The van der Waals surface area contributed by atoms with Gasteiger partial charge in [0.05, 0.1) is 12.5 Å². The minimum Gasteiger partial charge on any atom is -0.487 e. The Morgan fingerprint density at radius 3 is 2.71 bits per heavy atom. The maximum absolute atomic E-state index is 12.5. The summed E-state index contributed by atoms with van der Waals surface area (Å²) in [6.07, 6.45) is 4.81. The second kappa shape index (κ2) is 6.09. The minimum atomic E-state index is -0.454. The largest absolute Gasteiger partial charge is 0.487 e. The molecule has 3 heteroatoms. The first-order chi connectivity index (χ1) is 11.3. The summed E-state index contributed by atoms with van der Waals surface area (Å²) in [5.41, 5.74) is 1.88. The summed E-state index contributed by atoms with van der Waals surface area (Å²) >= 11 is 0. The smallest absolute Gasteiger partial charge is 0.311 e. The van der Waals surface area contributed by atoms with E-state index in [4.69, 9.17) is 9.47 Å². The van der Waals surface area contributed by atoms with Crippen LogP contribution in [-0.4, -0.2) is 18.7 Å². The van der Waals surface area contributed by atoms with E-state index in [1.807, 2.05) is 0 Å². The van der Waals surface area contributed by atoms with Gasteiger partial charge in [0.15, 0.2) is 0 Å². The van der Waals surface area contributed by atoms with Crippen LogP contribution in [-0.2, 0) is 16.0 Å². The number of rotatable bonds is 2. The van der Waals surface area contributed by atoms with Crippen molar-refractivity contribution >= 4 is 5.97 Å². The number of methoxy groups -OCH3 is 1. The van der Waals surface area contributed by atoms with Crippen molar-refractivity contribution in [2.75, 3.05) is 7.11 Å². The van der Waals surface area contributed by atoms with E-state index in [9.17, 15) is 4.79 Å². The first kappa shape index (κ1) is 17.3. The second-order valence-corrected chi connectivity index (χ2v) is 8.29. The number of hydrogen-bond donors (Lipinski definition) is 0. The molecule has 0 saturated heterocycles. The van der Waals surface area contributed by atoms with Crippen molar-refractivity contribution in [2.45, 2.75) is 71.3 Å². The highest BCUT2D eigenvalue weighted by molar-refractivity contribution is 5.77. The predicted molar refractivity (Wildman–Crippen MR) is 95.3 cm³/mol. The van der Waals surface area contributed by atoms with E-state index < -0.39 is 5.41 Å². The van der Waals surface area contributed by atoms with Crippen molar-refractivity contribution in [3.05, 3.63) is 29.3 Å². The first-order valence-electron chi connectivity index (χ1n) is 9.20. The van der Waals surface area contributed by atoms with Crippen LogP contribution in [0.2, 0.25) is 0 Å². The highest BCUT2D eigenvalue weighted by atomic mass is 16.5. The van der Waals surface area contributed by atoms with E-state index >= 15 is 0 Å². The summed E-state index contributed by atoms with van der Waals surface area (Å²) in [5, 5.41) is 0. The van der Waals surface area contributed by atoms with Gasteiger partial charge < -0.3 is 9.47 Å². The minimum absolute atomic E-state index is 0.0872. The quantitative estimate of drug-likeness (QED) is 0.726. The molecule has 1 aliphatic carbocycles. The number of carbonyl (C=O) groups excluding carboxylic acids is 1. The van der Waals surface area contributed by atoms with Crippen LogP contribution in [0.15, 0.2) is 18.2 Å². The predicted octanol–water partition coefficient (Wildman–Crippen LogP) is 4.87. The number of carbonyl (C=O) groups is 1. The third-order valence-corrected chi connectivity index (χ3v) is 6.32. The number of benzene rings is 1. The molecule has 1 heterocycles. The molecule has 0 aromatic heterocycles. The fraction of sp³-hybridized carbons (Fsp3) is 0.667. The molecule has 3 nitrogen and oxygen atoms in total. The monoisotopic (exact) mass is 330 g/mol. The molecule has 1 aliphatic heterocycles. The van der Waals surface area contributed by atoms with Crippen LogP contribution in [0.5, 0.6) is 5.75 Å². The molecular formula is C21H30O3. The highest BCUT2D eigenvalue weighted by Crippen LogP contribution is 2.53. The SMILES string of the molecule is COC(=O)[C@]1(C)CCC[C@]2(C)Oc3ccc(C(C)C)cc3CC[C@@H]12. The molecule has 1 aromatic rings. The summed E-state index contributed by atoms with van der Waals surface area (Å²) in [6, 6.07) is 6.59. The number of esters is 1. The summed E-state index contributed by atoms with van der Waals surface area (Å²) in [6.45, 7) is 8.69. The Balaban J connectivity index is 1.99. The number of hydrogen-bond acceptors (Lipinski definition) is 3. The van der Waals surface area contributed by atoms with Crippen LogP contribution in [0.3, 0.4) is 0 Å². The Hall–Kier alpha value is -1.51. The Morgan fingerprint density at radius 1 is 1.29 bits per heavy atom. The van der Waals surface area contributed by atoms with Crippen molar-refractivity contribution < 1.29 is 14.3 Å². The summed E-state index contributed by atoms with van der Waals surface area (Å²) in [7, 11) is 1.50. The lowest BCUT2D eigenvalue weighted by atomic mass is 9.59. The van der Waals surface area contributed by atoms with Gasteiger partial charge in [-0.05, 0) is 69.1 Å². The summed E-state index contributed by atoms with van der Waals surface area (Å²) in [4.78, 5) is 12.5. The molecule has 24 heavy (non-hydrogen) atoms. The fourth-order valence-electron chi connectivity index (χ4n) is 4.86. The van der Waals surface area contributed by atoms with Gasteiger partial charge in [0.1, 0.15) is 11.4 Å². The molecule has 132 valence electrons. The van der Waals surface area contributed by atoms with Crippen LogP contribution in [0, 0.1) is 11.3 Å². The lowest BCUT2D eigenvalue weighted by Gasteiger charge is -2.49. The third kappa shape index (κ3) is 2.72. The molecule has 0 amide bonds.